The second-order valence-electron chi connectivity index (χ2n) is 10.8. The molecule has 2 aromatic rings. The van der Waals surface area contributed by atoms with Gasteiger partial charge in [-0.3, -0.25) is 9.69 Å². The fourth-order valence-electron chi connectivity index (χ4n) is 5.87. The molecule has 3 aliphatic rings. The maximum Gasteiger partial charge on any atom is 0.326 e. The van der Waals surface area contributed by atoms with Crippen molar-refractivity contribution in [2.45, 2.75) is 63.6 Å². The van der Waals surface area contributed by atoms with Crippen LogP contribution in [0.4, 0.5) is 5.82 Å². The number of rotatable bonds is 11. The molecule has 5 rings (SSSR count). The number of aryl methyl sites for hydroxylation is 2. The third-order valence-corrected chi connectivity index (χ3v) is 8.04. The van der Waals surface area contributed by atoms with Gasteiger partial charge in [0.1, 0.15) is 11.9 Å². The number of fused-ring (bicyclic) bond motifs is 1. The van der Waals surface area contributed by atoms with Gasteiger partial charge in [0, 0.05) is 38.4 Å². The van der Waals surface area contributed by atoms with Crippen molar-refractivity contribution in [1.29, 1.82) is 0 Å². The van der Waals surface area contributed by atoms with Crippen LogP contribution in [0.5, 0.6) is 0 Å². The van der Waals surface area contributed by atoms with Gasteiger partial charge in [-0.25, -0.2) is 9.78 Å². The monoisotopic (exact) mass is 505 g/mol. The second kappa shape index (κ2) is 12.0. The first-order valence-electron chi connectivity index (χ1n) is 13.8. The topological polar surface area (TPSA) is 97.8 Å². The zero-order valence-electron chi connectivity index (χ0n) is 21.6. The summed E-state index contributed by atoms with van der Waals surface area (Å²) in [6.07, 6.45) is 6.51. The minimum Gasteiger partial charge on any atom is -0.480 e. The van der Waals surface area contributed by atoms with Crippen molar-refractivity contribution in [3.63, 3.8) is 0 Å². The van der Waals surface area contributed by atoms with Gasteiger partial charge in [0.2, 0.25) is 5.91 Å². The minimum atomic E-state index is -0.954. The molecule has 0 aliphatic carbocycles. The highest BCUT2D eigenvalue weighted by molar-refractivity contribution is 5.87. The lowest BCUT2D eigenvalue weighted by Crippen LogP contribution is -2.52. The number of nitrogens with one attached hydrogen (secondary N) is 2. The maximum absolute atomic E-state index is 13.0. The number of pyridine rings is 1. The number of nitrogens with zero attached hydrogens (tertiary/aromatic N) is 3. The molecule has 0 saturated carbocycles. The third kappa shape index (κ3) is 6.67. The number of carbonyl (C=O) groups excluding carboxylic acids is 1. The normalized spacial score (nSPS) is 21.0. The smallest absolute Gasteiger partial charge is 0.326 e. The Labute approximate surface area is 219 Å². The number of aromatic nitrogens is 1. The standard InChI is InChI=1S/C29H39N5O3/c35-28(26-9-5-16-34(26)20-21-6-2-1-3-7-21)32-25(29(36)37)14-17-33-18-22(19-33)10-12-24-13-11-23-8-4-15-30-27(23)31-24/h1-3,6-7,11,13,22,25-26H,4-5,8-10,12,14-20H2,(H,30,31)(H,32,35)(H,36,37)/t25-,26-/m0/s1. The molecule has 198 valence electrons. The summed E-state index contributed by atoms with van der Waals surface area (Å²) in [6.45, 7) is 5.23. The Balaban J connectivity index is 1.03. The number of benzene rings is 1. The molecule has 4 heterocycles. The third-order valence-electron chi connectivity index (χ3n) is 8.04. The molecule has 3 N–H and O–H groups in total. The van der Waals surface area contributed by atoms with E-state index in [2.05, 4.69) is 44.7 Å². The zero-order valence-corrected chi connectivity index (χ0v) is 21.6. The van der Waals surface area contributed by atoms with E-state index < -0.39 is 12.0 Å². The van der Waals surface area contributed by atoms with Crippen molar-refractivity contribution >= 4 is 17.7 Å². The number of carboxylic acid groups (broad SMARTS) is 1. The van der Waals surface area contributed by atoms with Gasteiger partial charge in [-0.1, -0.05) is 36.4 Å². The van der Waals surface area contributed by atoms with Crippen molar-refractivity contribution in [3.05, 3.63) is 59.3 Å². The number of carboxylic acids is 1. The van der Waals surface area contributed by atoms with Crippen LogP contribution >= 0.6 is 0 Å². The molecule has 3 aliphatic heterocycles. The predicted molar refractivity (Wildman–Crippen MR) is 143 cm³/mol. The average Bonchev–Trinajstić information content (AvgIpc) is 3.35. The van der Waals surface area contributed by atoms with Crippen LogP contribution in [0.2, 0.25) is 0 Å². The molecule has 1 aromatic heterocycles. The van der Waals surface area contributed by atoms with Crippen LogP contribution in [-0.2, 0) is 29.0 Å². The fourth-order valence-corrected chi connectivity index (χ4v) is 5.87. The Bertz CT molecular complexity index is 1070. The minimum absolute atomic E-state index is 0.158. The van der Waals surface area contributed by atoms with E-state index in [1.54, 1.807) is 0 Å². The van der Waals surface area contributed by atoms with Crippen molar-refractivity contribution in [3.8, 4) is 0 Å². The highest BCUT2D eigenvalue weighted by Gasteiger charge is 2.34. The summed E-state index contributed by atoms with van der Waals surface area (Å²) in [5, 5.41) is 16.0. The Morgan fingerprint density at radius 1 is 1.14 bits per heavy atom. The van der Waals surface area contributed by atoms with E-state index in [9.17, 15) is 14.7 Å². The van der Waals surface area contributed by atoms with Crippen LogP contribution < -0.4 is 10.6 Å². The molecule has 2 atom stereocenters. The summed E-state index contributed by atoms with van der Waals surface area (Å²) in [5.41, 5.74) is 3.64. The summed E-state index contributed by atoms with van der Waals surface area (Å²) in [5.74, 6) is 0.565. The summed E-state index contributed by atoms with van der Waals surface area (Å²) in [7, 11) is 0. The first kappa shape index (κ1) is 25.7. The van der Waals surface area contributed by atoms with Gasteiger partial charge in [-0.05, 0) is 74.6 Å². The number of hydrogen-bond donors (Lipinski definition) is 3. The van der Waals surface area contributed by atoms with Crippen molar-refractivity contribution in [2.75, 3.05) is 38.0 Å². The Kier molecular flexibility index (Phi) is 8.36. The second-order valence-corrected chi connectivity index (χ2v) is 10.8. The fraction of sp³-hybridized carbons (Fsp3) is 0.552. The van der Waals surface area contributed by atoms with Gasteiger partial charge < -0.3 is 20.6 Å². The molecule has 1 amide bonds. The Morgan fingerprint density at radius 3 is 2.78 bits per heavy atom. The highest BCUT2D eigenvalue weighted by atomic mass is 16.4. The van der Waals surface area contributed by atoms with Gasteiger partial charge in [0.15, 0.2) is 0 Å². The summed E-state index contributed by atoms with van der Waals surface area (Å²) < 4.78 is 0. The SMILES string of the molecule is O=C(O)[C@H](CCN1CC(CCc2ccc3c(n2)NCCC3)C1)NC(=O)[C@@H]1CCCN1Cc1ccccc1. The highest BCUT2D eigenvalue weighted by Crippen LogP contribution is 2.24. The molecular weight excluding hydrogens is 466 g/mol. The lowest BCUT2D eigenvalue weighted by atomic mass is 9.93. The first-order valence-corrected chi connectivity index (χ1v) is 13.8. The Morgan fingerprint density at radius 2 is 1.97 bits per heavy atom. The molecule has 1 aromatic carbocycles. The number of hydrogen-bond acceptors (Lipinski definition) is 6. The lowest BCUT2D eigenvalue weighted by molar-refractivity contribution is -0.143. The van der Waals surface area contributed by atoms with Crippen molar-refractivity contribution in [1.82, 2.24) is 20.1 Å². The van der Waals surface area contributed by atoms with Crippen LogP contribution in [0.3, 0.4) is 0 Å². The summed E-state index contributed by atoms with van der Waals surface area (Å²) >= 11 is 0. The molecule has 8 nitrogen and oxygen atoms in total. The van der Waals surface area contributed by atoms with Crippen molar-refractivity contribution < 1.29 is 14.7 Å². The van der Waals surface area contributed by atoms with Gasteiger partial charge in [-0.2, -0.15) is 0 Å². The molecule has 2 fully saturated rings. The number of amides is 1. The number of carbonyl (C=O) groups is 2. The number of aliphatic carboxylic acids is 1. The molecule has 2 saturated heterocycles. The molecule has 8 heteroatoms. The molecule has 37 heavy (non-hydrogen) atoms. The largest absolute Gasteiger partial charge is 0.480 e. The van der Waals surface area contributed by atoms with Crippen LogP contribution in [0.25, 0.3) is 0 Å². The van der Waals surface area contributed by atoms with Crippen molar-refractivity contribution in [2.24, 2.45) is 5.92 Å². The average molecular weight is 506 g/mol. The quantitative estimate of drug-likeness (QED) is 0.432. The lowest BCUT2D eigenvalue weighted by Gasteiger charge is -2.40. The Hall–Kier alpha value is -2.97. The van der Waals surface area contributed by atoms with E-state index >= 15 is 0 Å². The van der Waals surface area contributed by atoms with Gasteiger partial charge in [0.05, 0.1) is 6.04 Å². The van der Waals surface area contributed by atoms with E-state index in [-0.39, 0.29) is 11.9 Å². The predicted octanol–water partition coefficient (Wildman–Crippen LogP) is 2.93. The first-order chi connectivity index (χ1) is 18.0. The van der Waals surface area contributed by atoms with Gasteiger partial charge in [0.25, 0.3) is 0 Å². The van der Waals surface area contributed by atoms with Crippen LogP contribution in [0, 0.1) is 5.92 Å². The van der Waals surface area contributed by atoms with Gasteiger partial charge in [-0.15, -0.1) is 0 Å². The van der Waals surface area contributed by atoms with E-state index in [1.807, 2.05) is 18.2 Å². The molecule has 0 bridgehead atoms. The van der Waals surface area contributed by atoms with Gasteiger partial charge >= 0.3 is 5.97 Å². The van der Waals surface area contributed by atoms with E-state index in [1.165, 1.54) is 17.5 Å². The maximum atomic E-state index is 13.0. The molecule has 0 unspecified atom stereocenters. The zero-order chi connectivity index (χ0) is 25.6. The van der Waals surface area contributed by atoms with Crippen LogP contribution in [0.15, 0.2) is 42.5 Å². The van der Waals surface area contributed by atoms with E-state index in [0.717, 1.165) is 69.8 Å². The van der Waals surface area contributed by atoms with E-state index in [4.69, 9.17) is 4.98 Å². The molecular formula is C29H39N5O3. The van der Waals surface area contributed by atoms with Crippen LogP contribution in [-0.4, -0.2) is 76.6 Å². The molecule has 0 spiro atoms. The van der Waals surface area contributed by atoms with Crippen LogP contribution in [0.1, 0.15) is 48.9 Å². The number of anilines is 1. The molecule has 0 radical (unpaired) electrons. The summed E-state index contributed by atoms with van der Waals surface area (Å²) in [4.78, 5) is 34.2. The number of likely N-dealkylation sites (tertiary alicyclic amines) is 2. The van der Waals surface area contributed by atoms with E-state index in [0.29, 0.717) is 25.4 Å². The summed E-state index contributed by atoms with van der Waals surface area (Å²) in [6, 6.07) is 13.4.